The summed E-state index contributed by atoms with van der Waals surface area (Å²) in [5, 5.41) is 10.8. The van der Waals surface area contributed by atoms with Gasteiger partial charge in [-0.15, -0.1) is 0 Å². The molecule has 19 heavy (non-hydrogen) atoms. The minimum atomic E-state index is -0.0543. The quantitative estimate of drug-likeness (QED) is 0.895. The van der Waals surface area contributed by atoms with Crippen molar-refractivity contribution in [3.63, 3.8) is 0 Å². The third-order valence-corrected chi connectivity index (χ3v) is 3.02. The lowest BCUT2D eigenvalue weighted by Crippen LogP contribution is -2.13. The second kappa shape index (κ2) is 5.69. The Bertz CT molecular complexity index is 551. The van der Waals surface area contributed by atoms with Crippen LogP contribution in [0.3, 0.4) is 0 Å². The largest absolute Gasteiger partial charge is 0.361 e. The van der Waals surface area contributed by atoms with E-state index in [1.807, 2.05) is 27.0 Å². The zero-order valence-corrected chi connectivity index (χ0v) is 11.4. The van der Waals surface area contributed by atoms with Crippen LogP contribution in [0.2, 0.25) is 0 Å². The standard InChI is InChI=1S/C13H18N4O2/c1-4-17-8-7-12(15-17)14-13(18)6-5-11-9(2)16-19-10(11)3/h7-8H,4-6H2,1-3H3,(H,14,15,18). The summed E-state index contributed by atoms with van der Waals surface area (Å²) in [5.41, 5.74) is 1.86. The minimum Gasteiger partial charge on any atom is -0.361 e. The first-order valence-electron chi connectivity index (χ1n) is 6.35. The van der Waals surface area contributed by atoms with Gasteiger partial charge in [0.25, 0.3) is 0 Å². The zero-order chi connectivity index (χ0) is 13.8. The smallest absolute Gasteiger partial charge is 0.225 e. The normalized spacial score (nSPS) is 10.7. The minimum absolute atomic E-state index is 0.0543. The lowest BCUT2D eigenvalue weighted by Gasteiger charge is -2.02. The molecule has 0 radical (unpaired) electrons. The first-order valence-corrected chi connectivity index (χ1v) is 6.35. The predicted molar refractivity (Wildman–Crippen MR) is 70.8 cm³/mol. The number of carbonyl (C=O) groups is 1. The zero-order valence-electron chi connectivity index (χ0n) is 11.4. The molecule has 2 rings (SSSR count). The molecule has 6 nitrogen and oxygen atoms in total. The van der Waals surface area contributed by atoms with E-state index in [1.165, 1.54) is 0 Å². The molecule has 0 aliphatic rings. The molecule has 0 bridgehead atoms. The molecular formula is C13H18N4O2. The average Bonchev–Trinajstić information content (AvgIpc) is 2.95. The van der Waals surface area contributed by atoms with Crippen LogP contribution in [-0.2, 0) is 17.8 Å². The number of hydrogen-bond donors (Lipinski definition) is 1. The fourth-order valence-electron chi connectivity index (χ4n) is 1.91. The summed E-state index contributed by atoms with van der Waals surface area (Å²) in [4.78, 5) is 11.8. The van der Waals surface area contributed by atoms with Crippen LogP contribution in [0.5, 0.6) is 0 Å². The first kappa shape index (κ1) is 13.3. The third kappa shape index (κ3) is 3.21. The van der Waals surface area contributed by atoms with Crippen LogP contribution in [0.4, 0.5) is 5.82 Å². The van der Waals surface area contributed by atoms with Crippen molar-refractivity contribution in [2.24, 2.45) is 0 Å². The number of aromatic nitrogens is 3. The van der Waals surface area contributed by atoms with Crippen LogP contribution < -0.4 is 5.32 Å². The van der Waals surface area contributed by atoms with Crippen molar-refractivity contribution in [2.75, 3.05) is 5.32 Å². The molecule has 0 aromatic carbocycles. The van der Waals surface area contributed by atoms with Gasteiger partial charge in [0.1, 0.15) is 5.76 Å². The Morgan fingerprint density at radius 2 is 2.26 bits per heavy atom. The molecular weight excluding hydrogens is 244 g/mol. The number of aryl methyl sites for hydroxylation is 3. The summed E-state index contributed by atoms with van der Waals surface area (Å²) in [6, 6.07) is 1.79. The summed E-state index contributed by atoms with van der Waals surface area (Å²) in [5.74, 6) is 1.31. The Morgan fingerprint density at radius 3 is 2.84 bits per heavy atom. The maximum absolute atomic E-state index is 11.8. The molecule has 102 valence electrons. The van der Waals surface area contributed by atoms with Crippen molar-refractivity contribution in [1.29, 1.82) is 0 Å². The molecule has 0 saturated heterocycles. The van der Waals surface area contributed by atoms with Crippen molar-refractivity contribution in [3.05, 3.63) is 29.3 Å². The van der Waals surface area contributed by atoms with E-state index in [-0.39, 0.29) is 5.91 Å². The molecule has 2 heterocycles. The van der Waals surface area contributed by atoms with Gasteiger partial charge in [-0.2, -0.15) is 5.10 Å². The molecule has 1 amide bonds. The predicted octanol–water partition coefficient (Wildman–Crippen LogP) is 2.08. The molecule has 0 aliphatic carbocycles. The van der Waals surface area contributed by atoms with E-state index in [2.05, 4.69) is 15.6 Å². The number of nitrogens with one attached hydrogen (secondary N) is 1. The van der Waals surface area contributed by atoms with Gasteiger partial charge in [-0.05, 0) is 27.2 Å². The van der Waals surface area contributed by atoms with Gasteiger partial charge < -0.3 is 9.84 Å². The molecule has 0 saturated carbocycles. The number of nitrogens with zero attached hydrogens (tertiary/aromatic N) is 3. The Balaban J connectivity index is 1.88. The van der Waals surface area contributed by atoms with Crippen molar-refractivity contribution < 1.29 is 9.32 Å². The highest BCUT2D eigenvalue weighted by Gasteiger charge is 2.11. The number of rotatable bonds is 5. The van der Waals surface area contributed by atoms with Crippen LogP contribution in [0.15, 0.2) is 16.8 Å². The van der Waals surface area contributed by atoms with Gasteiger partial charge in [-0.1, -0.05) is 5.16 Å². The molecule has 0 unspecified atom stereocenters. The van der Waals surface area contributed by atoms with E-state index in [1.54, 1.807) is 10.7 Å². The van der Waals surface area contributed by atoms with E-state index in [0.717, 1.165) is 23.6 Å². The average molecular weight is 262 g/mol. The summed E-state index contributed by atoms with van der Waals surface area (Å²) in [6.45, 7) is 6.52. The summed E-state index contributed by atoms with van der Waals surface area (Å²) < 4.78 is 6.83. The molecule has 0 spiro atoms. The van der Waals surface area contributed by atoms with Crippen molar-refractivity contribution in [3.8, 4) is 0 Å². The van der Waals surface area contributed by atoms with Crippen LogP contribution >= 0.6 is 0 Å². The monoisotopic (exact) mass is 262 g/mol. The van der Waals surface area contributed by atoms with Gasteiger partial charge in [0, 0.05) is 30.8 Å². The maximum Gasteiger partial charge on any atom is 0.225 e. The van der Waals surface area contributed by atoms with Gasteiger partial charge in [0.2, 0.25) is 5.91 Å². The highest BCUT2D eigenvalue weighted by atomic mass is 16.5. The van der Waals surface area contributed by atoms with E-state index in [9.17, 15) is 4.79 Å². The molecule has 2 aromatic rings. The van der Waals surface area contributed by atoms with Crippen molar-refractivity contribution >= 4 is 11.7 Å². The van der Waals surface area contributed by atoms with Gasteiger partial charge >= 0.3 is 0 Å². The van der Waals surface area contributed by atoms with Gasteiger partial charge in [0.05, 0.1) is 5.69 Å². The Kier molecular flexibility index (Phi) is 3.99. The molecule has 2 aromatic heterocycles. The highest BCUT2D eigenvalue weighted by Crippen LogP contribution is 2.14. The number of hydrogen-bond acceptors (Lipinski definition) is 4. The SMILES string of the molecule is CCn1ccc(NC(=O)CCc2c(C)noc2C)n1. The fourth-order valence-corrected chi connectivity index (χ4v) is 1.91. The Hall–Kier alpha value is -2.11. The van der Waals surface area contributed by atoms with Crippen LogP contribution in [0.25, 0.3) is 0 Å². The lowest BCUT2D eigenvalue weighted by molar-refractivity contribution is -0.116. The van der Waals surface area contributed by atoms with E-state index >= 15 is 0 Å². The van der Waals surface area contributed by atoms with Crippen LogP contribution in [0, 0.1) is 13.8 Å². The number of anilines is 1. The third-order valence-electron chi connectivity index (χ3n) is 3.02. The molecule has 1 N–H and O–H groups in total. The van der Waals surface area contributed by atoms with Crippen LogP contribution in [0.1, 0.15) is 30.4 Å². The highest BCUT2D eigenvalue weighted by molar-refractivity contribution is 5.89. The summed E-state index contributed by atoms with van der Waals surface area (Å²) >= 11 is 0. The van der Waals surface area contributed by atoms with Gasteiger partial charge in [-0.25, -0.2) is 0 Å². The first-order chi connectivity index (χ1) is 9.10. The Labute approximate surface area is 111 Å². The molecule has 0 fully saturated rings. The van der Waals surface area contributed by atoms with Gasteiger partial charge in [-0.3, -0.25) is 9.48 Å². The van der Waals surface area contributed by atoms with Crippen molar-refractivity contribution in [2.45, 2.75) is 40.2 Å². The number of amides is 1. The number of carbonyl (C=O) groups excluding carboxylic acids is 1. The van der Waals surface area contributed by atoms with Crippen LogP contribution in [-0.4, -0.2) is 20.8 Å². The van der Waals surface area contributed by atoms with E-state index < -0.39 is 0 Å². The fraction of sp³-hybridized carbons (Fsp3) is 0.462. The topological polar surface area (TPSA) is 73.0 Å². The summed E-state index contributed by atoms with van der Waals surface area (Å²) in [7, 11) is 0. The molecule has 0 atom stereocenters. The maximum atomic E-state index is 11.8. The molecule has 6 heteroatoms. The van der Waals surface area contributed by atoms with E-state index in [4.69, 9.17) is 4.52 Å². The van der Waals surface area contributed by atoms with Gasteiger partial charge in [0.15, 0.2) is 5.82 Å². The lowest BCUT2D eigenvalue weighted by atomic mass is 10.1. The Morgan fingerprint density at radius 1 is 1.47 bits per heavy atom. The summed E-state index contributed by atoms with van der Waals surface area (Å²) in [6.07, 6.45) is 2.85. The van der Waals surface area contributed by atoms with E-state index in [0.29, 0.717) is 18.7 Å². The second-order valence-corrected chi connectivity index (χ2v) is 4.41. The molecule has 0 aliphatic heterocycles. The van der Waals surface area contributed by atoms with Crippen molar-refractivity contribution in [1.82, 2.24) is 14.9 Å². The second-order valence-electron chi connectivity index (χ2n) is 4.41.